The second-order valence-electron chi connectivity index (χ2n) is 3.92. The first kappa shape index (κ1) is 12.8. The molecule has 98 valence electrons. The molecule has 0 aromatic heterocycles. The minimum absolute atomic E-state index is 0.0516. The first-order valence-electron chi connectivity index (χ1n) is 5.51. The number of nitro benzene ring substituents is 1. The maximum atomic E-state index is 10.7. The highest BCUT2D eigenvalue weighted by molar-refractivity contribution is 5.54. The van der Waals surface area contributed by atoms with E-state index in [1.54, 1.807) is 24.3 Å². The average Bonchev–Trinajstić information content (AvgIpc) is 2.39. The van der Waals surface area contributed by atoms with Crippen LogP contribution in [0.25, 0.3) is 0 Å². The fourth-order valence-corrected chi connectivity index (χ4v) is 1.57. The van der Waals surface area contributed by atoms with Gasteiger partial charge in [0.15, 0.2) is 0 Å². The minimum Gasteiger partial charge on any atom is -0.457 e. The van der Waals surface area contributed by atoms with Crippen LogP contribution in [0, 0.1) is 10.1 Å². The second kappa shape index (κ2) is 5.36. The number of nitro groups is 1. The Morgan fingerprint density at radius 3 is 2.42 bits per heavy atom. The molecule has 3 N–H and O–H groups in total. The lowest BCUT2D eigenvalue weighted by atomic mass is 10.2. The number of ether oxygens (including phenoxy) is 1. The Morgan fingerprint density at radius 2 is 1.84 bits per heavy atom. The summed E-state index contributed by atoms with van der Waals surface area (Å²) in [7, 11) is 0. The molecule has 0 aliphatic carbocycles. The molecule has 0 amide bonds. The Morgan fingerprint density at radius 1 is 1.16 bits per heavy atom. The molecule has 6 nitrogen and oxygen atoms in total. The van der Waals surface area contributed by atoms with Crippen molar-refractivity contribution in [2.45, 2.75) is 6.61 Å². The van der Waals surface area contributed by atoms with Crippen molar-refractivity contribution in [3.8, 4) is 11.5 Å². The van der Waals surface area contributed by atoms with E-state index in [1.165, 1.54) is 18.2 Å². The molecule has 2 aromatic rings. The molecule has 0 atom stereocenters. The van der Waals surface area contributed by atoms with Gasteiger partial charge in [0.05, 0.1) is 17.6 Å². The Balaban J connectivity index is 2.24. The number of aliphatic hydroxyl groups excluding tert-OH is 1. The highest BCUT2D eigenvalue weighted by Gasteiger charge is 2.09. The fourth-order valence-electron chi connectivity index (χ4n) is 1.57. The fraction of sp³-hybridized carbons (Fsp3) is 0.0769. The van der Waals surface area contributed by atoms with Gasteiger partial charge in [-0.2, -0.15) is 0 Å². The topological polar surface area (TPSA) is 98.6 Å². The van der Waals surface area contributed by atoms with Crippen LogP contribution < -0.4 is 10.5 Å². The lowest BCUT2D eigenvalue weighted by Gasteiger charge is -2.07. The van der Waals surface area contributed by atoms with Crippen molar-refractivity contribution >= 4 is 11.4 Å². The van der Waals surface area contributed by atoms with Crippen LogP contribution in [0.3, 0.4) is 0 Å². The molecule has 0 unspecified atom stereocenters. The molecule has 6 heteroatoms. The van der Waals surface area contributed by atoms with Crippen molar-refractivity contribution in [3.63, 3.8) is 0 Å². The predicted octanol–water partition coefficient (Wildman–Crippen LogP) is 2.46. The third kappa shape index (κ3) is 3.20. The Labute approximate surface area is 109 Å². The maximum Gasteiger partial charge on any atom is 0.275 e. The number of rotatable bonds is 4. The zero-order valence-corrected chi connectivity index (χ0v) is 9.95. The summed E-state index contributed by atoms with van der Waals surface area (Å²) in [4.78, 5) is 10.2. The molecule has 0 spiro atoms. The van der Waals surface area contributed by atoms with Crippen LogP contribution >= 0.6 is 0 Å². The number of benzene rings is 2. The quantitative estimate of drug-likeness (QED) is 0.499. The van der Waals surface area contributed by atoms with Crippen LogP contribution in [0.2, 0.25) is 0 Å². The van der Waals surface area contributed by atoms with Crippen LogP contribution in [0.5, 0.6) is 11.5 Å². The Bertz CT molecular complexity index is 596. The molecule has 0 aliphatic rings. The highest BCUT2D eigenvalue weighted by Crippen LogP contribution is 2.28. The van der Waals surface area contributed by atoms with Crippen LogP contribution in [0.1, 0.15) is 5.56 Å². The van der Waals surface area contributed by atoms with Gasteiger partial charge in [-0.05, 0) is 17.7 Å². The van der Waals surface area contributed by atoms with E-state index in [1.807, 2.05) is 0 Å². The summed E-state index contributed by atoms with van der Waals surface area (Å²) in [6, 6.07) is 10.8. The van der Waals surface area contributed by atoms with Gasteiger partial charge in [0.2, 0.25) is 0 Å². The van der Waals surface area contributed by atoms with Crippen molar-refractivity contribution < 1.29 is 14.8 Å². The molecule has 0 saturated heterocycles. The van der Waals surface area contributed by atoms with Crippen molar-refractivity contribution in [2.75, 3.05) is 5.73 Å². The van der Waals surface area contributed by atoms with E-state index in [4.69, 9.17) is 15.6 Å². The van der Waals surface area contributed by atoms with Gasteiger partial charge in [-0.25, -0.2) is 0 Å². The smallest absolute Gasteiger partial charge is 0.275 e. The van der Waals surface area contributed by atoms with Crippen LogP contribution in [-0.2, 0) is 6.61 Å². The third-order valence-corrected chi connectivity index (χ3v) is 2.47. The third-order valence-electron chi connectivity index (χ3n) is 2.47. The summed E-state index contributed by atoms with van der Waals surface area (Å²) in [6.45, 7) is -0.0516. The monoisotopic (exact) mass is 260 g/mol. The number of anilines is 1. The van der Waals surface area contributed by atoms with Gasteiger partial charge in [-0.15, -0.1) is 0 Å². The zero-order chi connectivity index (χ0) is 13.8. The van der Waals surface area contributed by atoms with E-state index in [0.29, 0.717) is 11.5 Å². The molecule has 0 heterocycles. The van der Waals surface area contributed by atoms with Crippen LogP contribution in [-0.4, -0.2) is 10.0 Å². The second-order valence-corrected chi connectivity index (χ2v) is 3.92. The highest BCUT2D eigenvalue weighted by atomic mass is 16.6. The first-order chi connectivity index (χ1) is 9.08. The van der Waals surface area contributed by atoms with E-state index in [9.17, 15) is 10.1 Å². The lowest BCUT2D eigenvalue weighted by molar-refractivity contribution is -0.384. The number of nitrogen functional groups attached to an aromatic ring is 1. The molecular weight excluding hydrogens is 248 g/mol. The Hall–Kier alpha value is -2.60. The van der Waals surface area contributed by atoms with E-state index in [0.717, 1.165) is 5.56 Å². The molecule has 0 fully saturated rings. The molecular formula is C13H12N2O4. The molecule has 2 aromatic carbocycles. The summed E-state index contributed by atoms with van der Waals surface area (Å²) in [5.74, 6) is 0.806. The summed E-state index contributed by atoms with van der Waals surface area (Å²) < 4.78 is 5.48. The zero-order valence-electron chi connectivity index (χ0n) is 9.95. The Kier molecular flexibility index (Phi) is 3.63. The molecule has 0 aliphatic heterocycles. The number of nitrogens with zero attached hydrogens (tertiary/aromatic N) is 1. The van der Waals surface area contributed by atoms with Crippen molar-refractivity contribution in [1.29, 1.82) is 0 Å². The van der Waals surface area contributed by atoms with Crippen molar-refractivity contribution in [1.82, 2.24) is 0 Å². The molecule has 0 bridgehead atoms. The molecule has 2 rings (SSSR count). The molecule has 19 heavy (non-hydrogen) atoms. The molecule has 0 radical (unpaired) electrons. The van der Waals surface area contributed by atoms with Gasteiger partial charge in [0.1, 0.15) is 11.5 Å². The SMILES string of the molecule is Nc1cc(Oc2ccc(CO)cc2)cc([N+](=O)[O-])c1. The van der Waals surface area contributed by atoms with Gasteiger partial charge in [-0.3, -0.25) is 10.1 Å². The van der Waals surface area contributed by atoms with Gasteiger partial charge in [0, 0.05) is 17.8 Å². The number of aliphatic hydroxyl groups is 1. The average molecular weight is 260 g/mol. The van der Waals surface area contributed by atoms with Crippen LogP contribution in [0.4, 0.5) is 11.4 Å². The van der Waals surface area contributed by atoms with Crippen molar-refractivity contribution in [3.05, 3.63) is 58.1 Å². The normalized spacial score (nSPS) is 10.2. The maximum absolute atomic E-state index is 10.7. The number of nitrogens with two attached hydrogens (primary N) is 1. The van der Waals surface area contributed by atoms with Crippen molar-refractivity contribution in [2.24, 2.45) is 0 Å². The first-order valence-corrected chi connectivity index (χ1v) is 5.51. The predicted molar refractivity (Wildman–Crippen MR) is 69.9 cm³/mol. The number of non-ortho nitro benzene ring substituents is 1. The number of hydrogen-bond acceptors (Lipinski definition) is 5. The van der Waals surface area contributed by atoms with E-state index in [2.05, 4.69) is 0 Å². The van der Waals surface area contributed by atoms with Gasteiger partial charge >= 0.3 is 0 Å². The van der Waals surface area contributed by atoms with E-state index >= 15 is 0 Å². The lowest BCUT2D eigenvalue weighted by Crippen LogP contribution is -1.93. The summed E-state index contributed by atoms with van der Waals surface area (Å²) in [5, 5.41) is 19.6. The summed E-state index contributed by atoms with van der Waals surface area (Å²) >= 11 is 0. The minimum atomic E-state index is -0.530. The van der Waals surface area contributed by atoms with Gasteiger partial charge in [-0.1, -0.05) is 12.1 Å². The van der Waals surface area contributed by atoms with Crippen LogP contribution in [0.15, 0.2) is 42.5 Å². The summed E-state index contributed by atoms with van der Waals surface area (Å²) in [6.07, 6.45) is 0. The number of hydrogen-bond donors (Lipinski definition) is 2. The van der Waals surface area contributed by atoms with E-state index < -0.39 is 4.92 Å². The molecule has 0 saturated carbocycles. The van der Waals surface area contributed by atoms with Gasteiger partial charge < -0.3 is 15.6 Å². The standard InChI is InChI=1S/C13H12N2O4/c14-10-5-11(15(17)18)7-13(6-10)19-12-3-1-9(8-16)2-4-12/h1-7,16H,8,14H2. The summed E-state index contributed by atoms with van der Waals surface area (Å²) in [5.41, 5.74) is 6.47. The largest absolute Gasteiger partial charge is 0.457 e. The van der Waals surface area contributed by atoms with E-state index in [-0.39, 0.29) is 18.0 Å². The van der Waals surface area contributed by atoms with Gasteiger partial charge in [0.25, 0.3) is 5.69 Å².